The summed E-state index contributed by atoms with van der Waals surface area (Å²) >= 11 is 6.17. The third-order valence-corrected chi connectivity index (χ3v) is 4.64. The van der Waals surface area contributed by atoms with Crippen LogP contribution in [0.1, 0.15) is 0 Å². The monoisotopic (exact) mass is 331 g/mol. The first-order chi connectivity index (χ1) is 9.45. The van der Waals surface area contributed by atoms with Gasteiger partial charge in [0.25, 0.3) is 9.05 Å². The molecule has 0 aliphatic carbocycles. The topological polar surface area (TPSA) is 74.1 Å². The summed E-state index contributed by atoms with van der Waals surface area (Å²) in [5.41, 5.74) is 1.34. The maximum absolute atomic E-state index is 11.9. The lowest BCUT2D eigenvalue weighted by molar-refractivity contribution is 0.404. The minimum absolute atomic E-state index is 0.135. The van der Waals surface area contributed by atoms with Gasteiger partial charge in [0.15, 0.2) is 0 Å². The summed E-state index contributed by atoms with van der Waals surface area (Å²) in [6, 6.07) is 3.12. The molecule has 0 atom stereocenters. The molecule has 104 valence electrons. The molecule has 0 saturated heterocycles. The highest BCUT2D eigenvalue weighted by molar-refractivity contribution is 8.14. The predicted octanol–water partition coefficient (Wildman–Crippen LogP) is 2.52. The Morgan fingerprint density at radius 3 is 2.70 bits per heavy atom. The van der Waals surface area contributed by atoms with E-state index in [9.17, 15) is 8.42 Å². The zero-order chi connectivity index (χ0) is 14.5. The molecule has 9 heteroatoms. The van der Waals surface area contributed by atoms with Gasteiger partial charge in [0.2, 0.25) is 0 Å². The molecular weight excluding hydrogens is 325 g/mol. The van der Waals surface area contributed by atoms with Crippen LogP contribution in [-0.4, -0.2) is 29.6 Å². The molecule has 0 N–H and O–H groups in total. The Kier molecular flexibility index (Phi) is 3.00. The Labute approximate surface area is 123 Å². The van der Waals surface area contributed by atoms with Gasteiger partial charge in [0.05, 0.1) is 24.2 Å². The normalized spacial score (nSPS) is 12.2. The van der Waals surface area contributed by atoms with E-state index in [4.69, 9.17) is 27.2 Å². The summed E-state index contributed by atoms with van der Waals surface area (Å²) in [6.45, 7) is 0. The van der Waals surface area contributed by atoms with Gasteiger partial charge in [0, 0.05) is 22.5 Å². The van der Waals surface area contributed by atoms with Crippen molar-refractivity contribution in [3.8, 4) is 5.75 Å². The summed E-state index contributed by atoms with van der Waals surface area (Å²) in [5.74, 6) is 0.135. The van der Waals surface area contributed by atoms with E-state index in [0.29, 0.717) is 21.9 Å². The van der Waals surface area contributed by atoms with Crippen LogP contribution in [0.25, 0.3) is 21.9 Å². The third kappa shape index (κ3) is 1.81. The Hall–Kier alpha value is -1.57. The van der Waals surface area contributed by atoms with Crippen molar-refractivity contribution in [3.05, 3.63) is 24.7 Å². The van der Waals surface area contributed by atoms with Gasteiger partial charge >= 0.3 is 0 Å². The average Bonchev–Trinajstić information content (AvgIpc) is 2.71. The SMILES string of the molecule is COc1ccc2c(c1S(=O)(=O)Cl)c1ncncc1n2Cl. The Morgan fingerprint density at radius 2 is 2.05 bits per heavy atom. The van der Waals surface area contributed by atoms with Crippen LogP contribution in [0.4, 0.5) is 0 Å². The van der Waals surface area contributed by atoms with Crippen LogP contribution in [0.2, 0.25) is 0 Å². The number of hydrogen-bond donors (Lipinski definition) is 0. The second kappa shape index (κ2) is 4.47. The van der Waals surface area contributed by atoms with Gasteiger partial charge in [-0.05, 0) is 12.1 Å². The fourth-order valence-electron chi connectivity index (χ4n) is 2.14. The van der Waals surface area contributed by atoms with Crippen LogP contribution < -0.4 is 4.74 Å². The highest BCUT2D eigenvalue weighted by Gasteiger charge is 2.25. The van der Waals surface area contributed by atoms with Crippen molar-refractivity contribution in [2.75, 3.05) is 7.11 Å². The highest BCUT2D eigenvalue weighted by Crippen LogP contribution is 2.39. The fourth-order valence-corrected chi connectivity index (χ4v) is 3.70. The van der Waals surface area contributed by atoms with Crippen molar-refractivity contribution in [2.45, 2.75) is 4.90 Å². The molecule has 0 fully saturated rings. The van der Waals surface area contributed by atoms with Crippen LogP contribution in [-0.2, 0) is 9.05 Å². The molecule has 0 bridgehead atoms. The van der Waals surface area contributed by atoms with Crippen molar-refractivity contribution >= 4 is 53.4 Å². The maximum Gasteiger partial charge on any atom is 0.265 e. The van der Waals surface area contributed by atoms with Gasteiger partial charge in [-0.15, -0.1) is 0 Å². The molecule has 2 aromatic heterocycles. The Balaban J connectivity index is 2.67. The second-order valence-electron chi connectivity index (χ2n) is 3.97. The number of halogens is 2. The zero-order valence-corrected chi connectivity index (χ0v) is 12.4. The van der Waals surface area contributed by atoms with E-state index in [0.717, 1.165) is 0 Å². The quantitative estimate of drug-likeness (QED) is 0.674. The van der Waals surface area contributed by atoms with E-state index in [-0.39, 0.29) is 10.6 Å². The molecule has 20 heavy (non-hydrogen) atoms. The predicted molar refractivity (Wildman–Crippen MR) is 75.9 cm³/mol. The number of aromatic nitrogens is 3. The first kappa shape index (κ1) is 13.4. The number of ether oxygens (including phenoxy) is 1. The Bertz CT molecular complexity index is 937. The summed E-state index contributed by atoms with van der Waals surface area (Å²) in [5, 5.41) is 0.312. The lowest BCUT2D eigenvalue weighted by Crippen LogP contribution is -1.97. The Morgan fingerprint density at radius 1 is 1.30 bits per heavy atom. The summed E-state index contributed by atoms with van der Waals surface area (Å²) < 4.78 is 30.1. The number of benzene rings is 1. The molecule has 6 nitrogen and oxygen atoms in total. The van der Waals surface area contributed by atoms with E-state index < -0.39 is 9.05 Å². The number of hydrogen-bond acceptors (Lipinski definition) is 5. The van der Waals surface area contributed by atoms with Gasteiger partial charge in [-0.1, -0.05) is 0 Å². The zero-order valence-electron chi connectivity index (χ0n) is 10.0. The molecule has 1 aromatic carbocycles. The lowest BCUT2D eigenvalue weighted by atomic mass is 10.2. The number of nitrogens with zero attached hydrogens (tertiary/aromatic N) is 3. The van der Waals surface area contributed by atoms with Gasteiger partial charge in [-0.25, -0.2) is 22.5 Å². The van der Waals surface area contributed by atoms with Crippen molar-refractivity contribution in [3.63, 3.8) is 0 Å². The minimum Gasteiger partial charge on any atom is -0.495 e. The van der Waals surface area contributed by atoms with Crippen molar-refractivity contribution < 1.29 is 13.2 Å². The van der Waals surface area contributed by atoms with Gasteiger partial charge in [-0.2, -0.15) is 0 Å². The molecule has 3 rings (SSSR count). The largest absolute Gasteiger partial charge is 0.495 e. The van der Waals surface area contributed by atoms with Crippen LogP contribution in [0.3, 0.4) is 0 Å². The van der Waals surface area contributed by atoms with Gasteiger partial charge in [0.1, 0.15) is 28.0 Å². The first-order valence-electron chi connectivity index (χ1n) is 5.37. The standard InChI is InChI=1S/C11H7Cl2N3O3S/c1-19-8-3-2-6-9(11(8)20(13,17)18)10-7(16(6)12)4-14-5-15-10/h2-5H,1H3. The molecule has 0 amide bonds. The third-order valence-electron chi connectivity index (χ3n) is 2.92. The van der Waals surface area contributed by atoms with Crippen molar-refractivity contribution in [2.24, 2.45) is 0 Å². The van der Waals surface area contributed by atoms with Crippen molar-refractivity contribution in [1.82, 2.24) is 14.1 Å². The average molecular weight is 332 g/mol. The second-order valence-corrected chi connectivity index (χ2v) is 6.81. The molecule has 0 aliphatic rings. The minimum atomic E-state index is -4.04. The number of rotatable bonds is 2. The van der Waals surface area contributed by atoms with E-state index in [1.54, 1.807) is 6.07 Å². The molecule has 0 spiro atoms. The first-order valence-corrected chi connectivity index (χ1v) is 8.02. The van der Waals surface area contributed by atoms with Crippen LogP contribution >= 0.6 is 22.5 Å². The fraction of sp³-hybridized carbons (Fsp3) is 0.0909. The van der Waals surface area contributed by atoms with Crippen LogP contribution in [0, 0.1) is 0 Å². The summed E-state index contributed by atoms with van der Waals surface area (Å²) in [7, 11) is 2.85. The molecule has 0 radical (unpaired) electrons. The summed E-state index contributed by atoms with van der Waals surface area (Å²) in [6.07, 6.45) is 2.80. The highest BCUT2D eigenvalue weighted by atomic mass is 35.7. The number of methoxy groups -OCH3 is 1. The molecule has 0 aliphatic heterocycles. The smallest absolute Gasteiger partial charge is 0.265 e. The molecule has 2 heterocycles. The van der Waals surface area contributed by atoms with E-state index >= 15 is 0 Å². The molecular formula is C11H7Cl2N3O3S. The van der Waals surface area contributed by atoms with Gasteiger partial charge < -0.3 is 4.74 Å². The van der Waals surface area contributed by atoms with E-state index in [2.05, 4.69) is 9.97 Å². The van der Waals surface area contributed by atoms with Crippen molar-refractivity contribution in [1.29, 1.82) is 0 Å². The van der Waals surface area contributed by atoms with Gasteiger partial charge in [-0.3, -0.25) is 0 Å². The summed E-state index contributed by atoms with van der Waals surface area (Å²) in [4.78, 5) is 7.81. The van der Waals surface area contributed by atoms with Crippen LogP contribution in [0.15, 0.2) is 29.6 Å². The van der Waals surface area contributed by atoms with E-state index in [1.807, 2.05) is 0 Å². The lowest BCUT2D eigenvalue weighted by Gasteiger charge is -2.07. The molecule has 0 saturated carbocycles. The number of fused-ring (bicyclic) bond motifs is 3. The maximum atomic E-state index is 11.9. The molecule has 0 unspecified atom stereocenters. The molecule has 3 aromatic rings. The van der Waals surface area contributed by atoms with E-state index in [1.165, 1.54) is 29.8 Å². The van der Waals surface area contributed by atoms with Crippen LogP contribution in [0.5, 0.6) is 5.75 Å².